The van der Waals surface area contributed by atoms with Crippen LogP contribution in [0.4, 0.5) is 5.82 Å². The fraction of sp³-hybridized carbons (Fsp3) is 0.320. The molecule has 0 spiro atoms. The van der Waals surface area contributed by atoms with Crippen LogP contribution in [0, 0.1) is 0 Å². The molecule has 4 heterocycles. The number of morpholine rings is 1. The van der Waals surface area contributed by atoms with Crippen LogP contribution in [-0.4, -0.2) is 63.1 Å². The highest BCUT2D eigenvalue weighted by Crippen LogP contribution is 2.29. The zero-order valence-corrected chi connectivity index (χ0v) is 19.6. The molecule has 1 fully saturated rings. The van der Waals surface area contributed by atoms with Gasteiger partial charge in [0, 0.05) is 37.6 Å². The average molecular weight is 460 g/mol. The largest absolute Gasteiger partial charge is 0.391 e. The summed E-state index contributed by atoms with van der Waals surface area (Å²) in [6.45, 7) is 15.1. The number of ether oxygens (including phenoxy) is 1. The molecule has 0 radical (unpaired) electrons. The van der Waals surface area contributed by atoms with Gasteiger partial charge in [-0.05, 0) is 31.6 Å². The van der Waals surface area contributed by atoms with Crippen molar-refractivity contribution in [2.24, 2.45) is 5.16 Å². The Bertz CT molecular complexity index is 1230. The molecule has 0 bridgehead atoms. The lowest BCUT2D eigenvalue weighted by Gasteiger charge is -2.28. The summed E-state index contributed by atoms with van der Waals surface area (Å²) in [5.41, 5.74) is 3.95. The van der Waals surface area contributed by atoms with E-state index >= 15 is 0 Å². The Kier molecular flexibility index (Phi) is 7.44. The number of hydrogen-bond donors (Lipinski definition) is 0. The molecule has 4 rings (SSSR count). The number of nitrogens with zero attached hydrogens (tertiary/aromatic N) is 7. The van der Waals surface area contributed by atoms with Crippen LogP contribution >= 0.6 is 0 Å². The molecule has 1 aliphatic rings. The van der Waals surface area contributed by atoms with Crippen LogP contribution < -0.4 is 4.90 Å². The molecule has 0 unspecified atom stereocenters. The Hall–Kier alpha value is -3.85. The van der Waals surface area contributed by atoms with Crippen molar-refractivity contribution in [3.05, 3.63) is 67.3 Å². The van der Waals surface area contributed by atoms with Gasteiger partial charge in [-0.1, -0.05) is 36.5 Å². The van der Waals surface area contributed by atoms with Gasteiger partial charge < -0.3 is 19.0 Å². The van der Waals surface area contributed by atoms with Crippen molar-refractivity contribution < 1.29 is 9.57 Å². The Morgan fingerprint density at radius 3 is 2.62 bits per heavy atom. The quantitative estimate of drug-likeness (QED) is 0.273. The van der Waals surface area contributed by atoms with Gasteiger partial charge in [-0.25, -0.2) is 15.0 Å². The van der Waals surface area contributed by atoms with Crippen LogP contribution in [0.2, 0.25) is 0 Å². The smallest absolute Gasteiger partial charge is 0.181 e. The van der Waals surface area contributed by atoms with Gasteiger partial charge in [-0.2, -0.15) is 0 Å². The number of oxime groups is 1. The molecule has 0 N–H and O–H groups in total. The molecular weight excluding hydrogens is 430 g/mol. The van der Waals surface area contributed by atoms with Gasteiger partial charge in [0.05, 0.1) is 13.2 Å². The van der Waals surface area contributed by atoms with Gasteiger partial charge in [0.15, 0.2) is 22.8 Å². The van der Waals surface area contributed by atoms with E-state index in [1.807, 2.05) is 25.1 Å². The molecule has 0 aromatic carbocycles. The highest BCUT2D eigenvalue weighted by atomic mass is 16.6. The van der Waals surface area contributed by atoms with E-state index in [2.05, 4.69) is 39.7 Å². The van der Waals surface area contributed by atoms with Gasteiger partial charge in [0.2, 0.25) is 0 Å². The molecule has 0 aliphatic carbocycles. The van der Waals surface area contributed by atoms with Crippen LogP contribution in [0.1, 0.15) is 19.7 Å². The standard InChI is InChI=1S/C25H29N7O2/c1-5-8-19(6-2)17-34-30-18(4)22-28-24(31-13-15-33-16-14-31)21-25(29-22)32(7-3)23(27-21)20-9-11-26-12-10-20/h5-6,8-12H,1-2,7,13-17H2,3-4H3/b19-8+,30-18+. The molecule has 3 aromatic heterocycles. The predicted molar refractivity (Wildman–Crippen MR) is 134 cm³/mol. The topological polar surface area (TPSA) is 90.5 Å². The van der Waals surface area contributed by atoms with Gasteiger partial charge >= 0.3 is 0 Å². The number of hydrogen-bond acceptors (Lipinski definition) is 8. The number of allylic oxidation sites excluding steroid dienone is 2. The van der Waals surface area contributed by atoms with Crippen molar-refractivity contribution in [3.8, 4) is 11.4 Å². The van der Waals surface area contributed by atoms with Crippen molar-refractivity contribution in [1.82, 2.24) is 24.5 Å². The second-order valence-corrected chi connectivity index (χ2v) is 7.69. The van der Waals surface area contributed by atoms with E-state index in [4.69, 9.17) is 24.5 Å². The lowest BCUT2D eigenvalue weighted by atomic mass is 10.2. The van der Waals surface area contributed by atoms with Crippen molar-refractivity contribution in [2.45, 2.75) is 20.4 Å². The Balaban J connectivity index is 1.80. The van der Waals surface area contributed by atoms with Crippen molar-refractivity contribution >= 4 is 22.7 Å². The van der Waals surface area contributed by atoms with E-state index < -0.39 is 0 Å². The maximum atomic E-state index is 5.55. The monoisotopic (exact) mass is 459 g/mol. The molecule has 0 atom stereocenters. The second-order valence-electron chi connectivity index (χ2n) is 7.69. The summed E-state index contributed by atoms with van der Waals surface area (Å²) >= 11 is 0. The SMILES string of the molecule is C=C/C=C(\C=C)CO/N=C(\C)c1nc(N2CCOCC2)c2nc(-c3ccncc3)n(CC)c2n1. The highest BCUT2D eigenvalue weighted by molar-refractivity contribution is 5.98. The third-order valence-corrected chi connectivity index (χ3v) is 5.49. The van der Waals surface area contributed by atoms with E-state index in [0.717, 1.165) is 47.0 Å². The highest BCUT2D eigenvalue weighted by Gasteiger charge is 2.24. The van der Waals surface area contributed by atoms with Gasteiger partial charge in [0.25, 0.3) is 0 Å². The molecule has 1 aliphatic heterocycles. The maximum absolute atomic E-state index is 5.55. The van der Waals surface area contributed by atoms with Crippen LogP contribution in [0.15, 0.2) is 66.6 Å². The molecule has 0 amide bonds. The van der Waals surface area contributed by atoms with E-state index in [-0.39, 0.29) is 6.61 Å². The molecule has 9 heteroatoms. The predicted octanol–water partition coefficient (Wildman–Crippen LogP) is 3.78. The molecule has 34 heavy (non-hydrogen) atoms. The fourth-order valence-electron chi connectivity index (χ4n) is 3.74. The van der Waals surface area contributed by atoms with Crippen LogP contribution in [0.3, 0.4) is 0 Å². The van der Waals surface area contributed by atoms with E-state index in [9.17, 15) is 0 Å². The van der Waals surface area contributed by atoms with E-state index in [1.165, 1.54) is 0 Å². The molecule has 9 nitrogen and oxygen atoms in total. The Labute approximate surface area is 199 Å². The molecule has 1 saturated heterocycles. The normalized spacial score (nSPS) is 14.9. The molecule has 3 aromatic rings. The van der Waals surface area contributed by atoms with Gasteiger partial charge in [-0.15, -0.1) is 0 Å². The lowest BCUT2D eigenvalue weighted by molar-refractivity contribution is 0.122. The summed E-state index contributed by atoms with van der Waals surface area (Å²) in [7, 11) is 0. The van der Waals surface area contributed by atoms with Crippen molar-refractivity contribution in [3.63, 3.8) is 0 Å². The molecule has 0 saturated carbocycles. The van der Waals surface area contributed by atoms with Gasteiger partial charge in [0.1, 0.15) is 18.1 Å². The van der Waals surface area contributed by atoms with Gasteiger partial charge in [-0.3, -0.25) is 4.98 Å². The second kappa shape index (κ2) is 10.8. The van der Waals surface area contributed by atoms with Crippen LogP contribution in [-0.2, 0) is 16.1 Å². The number of pyridine rings is 1. The third kappa shape index (κ3) is 4.89. The van der Waals surface area contributed by atoms with Crippen LogP contribution in [0.5, 0.6) is 0 Å². The minimum Gasteiger partial charge on any atom is -0.391 e. The zero-order chi connectivity index (χ0) is 23.9. The number of aromatic nitrogens is 5. The summed E-state index contributed by atoms with van der Waals surface area (Å²) < 4.78 is 7.65. The lowest BCUT2D eigenvalue weighted by Crippen LogP contribution is -2.37. The van der Waals surface area contributed by atoms with Crippen LogP contribution in [0.25, 0.3) is 22.6 Å². The van der Waals surface area contributed by atoms with E-state index in [1.54, 1.807) is 24.5 Å². The van der Waals surface area contributed by atoms with Crippen molar-refractivity contribution in [2.75, 3.05) is 37.8 Å². The first-order valence-corrected chi connectivity index (χ1v) is 11.3. The minimum absolute atomic E-state index is 0.282. The first-order chi connectivity index (χ1) is 16.7. The number of aryl methyl sites for hydroxylation is 1. The minimum atomic E-state index is 0.282. The summed E-state index contributed by atoms with van der Waals surface area (Å²) in [5.74, 6) is 2.10. The summed E-state index contributed by atoms with van der Waals surface area (Å²) in [6.07, 6.45) is 8.76. The Morgan fingerprint density at radius 1 is 1.18 bits per heavy atom. The van der Waals surface area contributed by atoms with E-state index in [0.29, 0.717) is 31.3 Å². The first kappa shape index (κ1) is 23.3. The van der Waals surface area contributed by atoms with Crippen molar-refractivity contribution in [1.29, 1.82) is 0 Å². The molecular formula is C25H29N7O2. The maximum Gasteiger partial charge on any atom is 0.181 e. The summed E-state index contributed by atoms with van der Waals surface area (Å²) in [4.78, 5) is 26.6. The average Bonchev–Trinajstić information content (AvgIpc) is 3.27. The Morgan fingerprint density at radius 2 is 1.94 bits per heavy atom. The number of fused-ring (bicyclic) bond motifs is 1. The number of rotatable bonds is 9. The molecule has 176 valence electrons. The summed E-state index contributed by atoms with van der Waals surface area (Å²) in [6, 6.07) is 3.90. The summed E-state index contributed by atoms with van der Waals surface area (Å²) in [5, 5.41) is 4.27. The third-order valence-electron chi connectivity index (χ3n) is 5.49. The zero-order valence-electron chi connectivity index (χ0n) is 19.6. The number of imidazole rings is 1. The number of anilines is 1. The fourth-order valence-corrected chi connectivity index (χ4v) is 3.74. The first-order valence-electron chi connectivity index (χ1n) is 11.3.